The maximum atomic E-state index is 10.5. The van der Waals surface area contributed by atoms with Crippen molar-refractivity contribution in [1.29, 1.82) is 0 Å². The van der Waals surface area contributed by atoms with Crippen LogP contribution in [-0.4, -0.2) is 50.0 Å². The monoisotopic (exact) mass is 327 g/mol. The van der Waals surface area contributed by atoms with E-state index in [2.05, 4.69) is 30.9 Å². The van der Waals surface area contributed by atoms with Gasteiger partial charge in [0.05, 0.1) is 41.1 Å². The minimum Gasteiger partial charge on any atom is -0.380 e. The summed E-state index contributed by atoms with van der Waals surface area (Å²) in [4.78, 5) is 6.12. The molecule has 1 unspecified atom stereocenters. The SMILES string of the molecule is CN(C)CCn1ncc(Br)c1C(O)c1cncn1C. The number of halogens is 1. The van der Waals surface area contributed by atoms with Gasteiger partial charge < -0.3 is 14.6 Å². The standard InChI is InChI=1S/C12H18BrN5O/c1-16(2)4-5-18-11(9(13)6-15-18)12(19)10-7-14-8-17(10)3/h6-8,12,19H,4-5H2,1-3H3. The first-order valence-corrected chi connectivity index (χ1v) is 6.80. The van der Waals surface area contributed by atoms with Gasteiger partial charge in [-0.25, -0.2) is 4.98 Å². The molecule has 0 saturated carbocycles. The molecule has 104 valence electrons. The molecule has 0 bridgehead atoms. The Bertz CT molecular complexity index is 548. The molecule has 0 radical (unpaired) electrons. The Hall–Kier alpha value is -1.18. The lowest BCUT2D eigenvalue weighted by molar-refractivity contribution is 0.196. The summed E-state index contributed by atoms with van der Waals surface area (Å²) in [6, 6.07) is 0. The van der Waals surface area contributed by atoms with Crippen LogP contribution in [-0.2, 0) is 13.6 Å². The summed E-state index contributed by atoms with van der Waals surface area (Å²) in [5.41, 5.74) is 1.50. The molecule has 2 aromatic heterocycles. The number of rotatable bonds is 5. The highest BCUT2D eigenvalue weighted by atomic mass is 79.9. The van der Waals surface area contributed by atoms with Gasteiger partial charge in [0, 0.05) is 13.6 Å². The molecule has 2 aromatic rings. The van der Waals surface area contributed by atoms with Gasteiger partial charge in [-0.15, -0.1) is 0 Å². The maximum Gasteiger partial charge on any atom is 0.138 e. The zero-order valence-electron chi connectivity index (χ0n) is 11.3. The smallest absolute Gasteiger partial charge is 0.138 e. The number of aryl methyl sites for hydroxylation is 1. The van der Waals surface area contributed by atoms with Crippen LogP contribution in [0.4, 0.5) is 0 Å². The fourth-order valence-corrected chi connectivity index (χ4v) is 2.40. The summed E-state index contributed by atoms with van der Waals surface area (Å²) in [7, 11) is 5.88. The van der Waals surface area contributed by atoms with Crippen molar-refractivity contribution in [3.05, 3.63) is 34.6 Å². The molecule has 19 heavy (non-hydrogen) atoms. The van der Waals surface area contributed by atoms with Gasteiger partial charge in [0.25, 0.3) is 0 Å². The first-order valence-electron chi connectivity index (χ1n) is 6.01. The van der Waals surface area contributed by atoms with Gasteiger partial charge >= 0.3 is 0 Å². The van der Waals surface area contributed by atoms with E-state index in [4.69, 9.17) is 0 Å². The highest BCUT2D eigenvalue weighted by molar-refractivity contribution is 9.10. The molecule has 0 aliphatic heterocycles. The largest absolute Gasteiger partial charge is 0.380 e. The number of aliphatic hydroxyl groups excluding tert-OH is 1. The van der Waals surface area contributed by atoms with E-state index in [1.165, 1.54) is 0 Å². The van der Waals surface area contributed by atoms with Gasteiger partial charge in [-0.05, 0) is 30.0 Å². The first kappa shape index (κ1) is 14.2. The zero-order valence-corrected chi connectivity index (χ0v) is 12.9. The summed E-state index contributed by atoms with van der Waals surface area (Å²) >= 11 is 3.45. The van der Waals surface area contributed by atoms with Crippen molar-refractivity contribution < 1.29 is 5.11 Å². The predicted octanol–water partition coefficient (Wildman–Crippen LogP) is 1.02. The van der Waals surface area contributed by atoms with E-state index in [1.54, 1.807) is 23.3 Å². The number of likely N-dealkylation sites (N-methyl/N-ethyl adjacent to an activating group) is 1. The molecule has 0 aliphatic carbocycles. The minimum atomic E-state index is -0.744. The van der Waals surface area contributed by atoms with E-state index in [0.29, 0.717) is 0 Å². The second-order valence-corrected chi connectivity index (χ2v) is 5.59. The van der Waals surface area contributed by atoms with Crippen LogP contribution in [0.15, 0.2) is 23.2 Å². The van der Waals surface area contributed by atoms with Crippen LogP contribution in [0.3, 0.4) is 0 Å². The average Bonchev–Trinajstić information content (AvgIpc) is 2.92. The zero-order chi connectivity index (χ0) is 14.0. The normalized spacial score (nSPS) is 13.2. The molecule has 0 aromatic carbocycles. The van der Waals surface area contributed by atoms with Crippen LogP contribution in [0.25, 0.3) is 0 Å². The molecule has 6 nitrogen and oxygen atoms in total. The fourth-order valence-electron chi connectivity index (χ4n) is 1.89. The number of imidazole rings is 1. The van der Waals surface area contributed by atoms with Crippen molar-refractivity contribution in [3.63, 3.8) is 0 Å². The molecule has 1 N–H and O–H groups in total. The van der Waals surface area contributed by atoms with E-state index in [1.807, 2.05) is 25.8 Å². The topological polar surface area (TPSA) is 59.1 Å². The van der Waals surface area contributed by atoms with E-state index in [-0.39, 0.29) is 0 Å². The molecule has 0 spiro atoms. The van der Waals surface area contributed by atoms with Crippen molar-refractivity contribution in [2.24, 2.45) is 7.05 Å². The summed E-state index contributed by atoms with van der Waals surface area (Å²) < 4.78 is 4.43. The Morgan fingerprint density at radius 3 is 2.74 bits per heavy atom. The van der Waals surface area contributed by atoms with Crippen LogP contribution in [0, 0.1) is 0 Å². The third-order valence-corrected chi connectivity index (χ3v) is 3.60. The number of aliphatic hydroxyl groups is 1. The number of hydrogen-bond acceptors (Lipinski definition) is 4. The quantitative estimate of drug-likeness (QED) is 0.890. The fraction of sp³-hybridized carbons (Fsp3) is 0.500. The summed E-state index contributed by atoms with van der Waals surface area (Å²) in [5, 5.41) is 14.8. The number of nitrogens with zero attached hydrogens (tertiary/aromatic N) is 5. The molecule has 7 heteroatoms. The Morgan fingerprint density at radius 2 is 2.16 bits per heavy atom. The Balaban J connectivity index is 2.28. The molecule has 0 amide bonds. The van der Waals surface area contributed by atoms with Gasteiger partial charge in [0.1, 0.15) is 6.10 Å². The lowest BCUT2D eigenvalue weighted by Crippen LogP contribution is -2.21. The van der Waals surface area contributed by atoms with E-state index in [9.17, 15) is 5.11 Å². The van der Waals surface area contributed by atoms with Gasteiger partial charge in [-0.2, -0.15) is 5.10 Å². The molecular formula is C12H18BrN5O. The summed E-state index contributed by atoms with van der Waals surface area (Å²) in [5.74, 6) is 0. The van der Waals surface area contributed by atoms with Crippen molar-refractivity contribution in [2.75, 3.05) is 20.6 Å². The van der Waals surface area contributed by atoms with Gasteiger partial charge in [-0.3, -0.25) is 4.68 Å². The second kappa shape index (κ2) is 5.85. The first-order chi connectivity index (χ1) is 9.00. The molecule has 1 atom stereocenters. The molecule has 0 aliphatic rings. The van der Waals surface area contributed by atoms with Gasteiger partial charge in [-0.1, -0.05) is 0 Å². The van der Waals surface area contributed by atoms with Gasteiger partial charge in [0.2, 0.25) is 0 Å². The average molecular weight is 328 g/mol. The lowest BCUT2D eigenvalue weighted by Gasteiger charge is -2.16. The van der Waals surface area contributed by atoms with Crippen LogP contribution in [0.5, 0.6) is 0 Å². The molecule has 2 heterocycles. The second-order valence-electron chi connectivity index (χ2n) is 4.74. The third-order valence-electron chi connectivity index (χ3n) is 2.99. The minimum absolute atomic E-state index is 0.725. The van der Waals surface area contributed by atoms with E-state index >= 15 is 0 Å². The summed E-state index contributed by atoms with van der Waals surface area (Å²) in [6.45, 7) is 1.59. The summed E-state index contributed by atoms with van der Waals surface area (Å²) in [6.07, 6.45) is 4.31. The van der Waals surface area contributed by atoms with E-state index in [0.717, 1.165) is 29.0 Å². The Morgan fingerprint density at radius 1 is 1.42 bits per heavy atom. The van der Waals surface area contributed by atoms with Crippen molar-refractivity contribution in [3.8, 4) is 0 Å². The highest BCUT2D eigenvalue weighted by Gasteiger charge is 2.21. The van der Waals surface area contributed by atoms with Crippen LogP contribution in [0.1, 0.15) is 17.5 Å². The molecule has 0 fully saturated rings. The number of aromatic nitrogens is 4. The maximum absolute atomic E-state index is 10.5. The molecule has 0 saturated heterocycles. The number of hydrogen-bond donors (Lipinski definition) is 1. The Kier molecular flexibility index (Phi) is 4.38. The third kappa shape index (κ3) is 3.05. The van der Waals surface area contributed by atoms with Crippen LogP contribution >= 0.6 is 15.9 Å². The van der Waals surface area contributed by atoms with Gasteiger partial charge in [0.15, 0.2) is 0 Å². The lowest BCUT2D eigenvalue weighted by atomic mass is 10.2. The predicted molar refractivity (Wildman–Crippen MR) is 75.8 cm³/mol. The highest BCUT2D eigenvalue weighted by Crippen LogP contribution is 2.28. The van der Waals surface area contributed by atoms with Crippen molar-refractivity contribution >= 4 is 15.9 Å². The van der Waals surface area contributed by atoms with Crippen molar-refractivity contribution in [1.82, 2.24) is 24.2 Å². The van der Waals surface area contributed by atoms with Crippen LogP contribution in [0.2, 0.25) is 0 Å². The van der Waals surface area contributed by atoms with E-state index < -0.39 is 6.10 Å². The molecule has 2 rings (SSSR count). The molecular weight excluding hydrogens is 310 g/mol. The van der Waals surface area contributed by atoms with Crippen molar-refractivity contribution in [2.45, 2.75) is 12.6 Å². The van der Waals surface area contributed by atoms with Crippen LogP contribution < -0.4 is 0 Å². The Labute approximate surface area is 120 Å².